The van der Waals surface area contributed by atoms with E-state index in [0.29, 0.717) is 13.1 Å². The summed E-state index contributed by atoms with van der Waals surface area (Å²) in [4.78, 5) is 17.0. The molecule has 1 heterocycles. The molecule has 0 unspecified atom stereocenters. The second-order valence-corrected chi connectivity index (χ2v) is 4.16. The van der Waals surface area contributed by atoms with Gasteiger partial charge in [0.1, 0.15) is 4.60 Å². The second kappa shape index (κ2) is 5.82. The fraction of sp³-hybridized carbons (Fsp3) is 0.400. The average molecular weight is 272 g/mol. The van der Waals surface area contributed by atoms with E-state index in [0.717, 1.165) is 10.3 Å². The van der Waals surface area contributed by atoms with Crippen molar-refractivity contribution in [3.05, 3.63) is 28.5 Å². The Hall–Kier alpha value is -0.940. The largest absolute Gasteiger partial charge is 0.348 e. The van der Waals surface area contributed by atoms with Gasteiger partial charge in [-0.1, -0.05) is 6.07 Å². The van der Waals surface area contributed by atoms with Crippen LogP contribution in [0.15, 0.2) is 22.8 Å². The molecular formula is C10H14BrN3O. The number of carbonyl (C=O) groups is 1. The maximum absolute atomic E-state index is 11.2. The first-order chi connectivity index (χ1) is 7.09. The second-order valence-electron chi connectivity index (χ2n) is 3.34. The predicted molar refractivity (Wildman–Crippen MR) is 62.3 cm³/mol. The Balaban J connectivity index is 2.35. The van der Waals surface area contributed by atoms with Crippen molar-refractivity contribution in [2.75, 3.05) is 20.6 Å². The standard InChI is InChI=1S/C10H14BrN3O/c1-14(2)10(15)7-12-6-8-4-3-5-9(11)13-8/h3-5,12H,6-7H2,1-2H3. The molecule has 0 spiro atoms. The monoisotopic (exact) mass is 271 g/mol. The highest BCUT2D eigenvalue weighted by Crippen LogP contribution is 2.05. The molecule has 5 heteroatoms. The van der Waals surface area contributed by atoms with E-state index in [1.807, 2.05) is 18.2 Å². The molecule has 82 valence electrons. The first-order valence-electron chi connectivity index (χ1n) is 4.62. The Morgan fingerprint density at radius 3 is 2.87 bits per heavy atom. The molecule has 0 fully saturated rings. The zero-order valence-electron chi connectivity index (χ0n) is 8.83. The minimum atomic E-state index is 0.0602. The first-order valence-corrected chi connectivity index (χ1v) is 5.41. The number of pyridine rings is 1. The average Bonchev–Trinajstić information content (AvgIpc) is 2.17. The van der Waals surface area contributed by atoms with E-state index in [9.17, 15) is 4.79 Å². The van der Waals surface area contributed by atoms with E-state index in [1.165, 1.54) is 0 Å². The quantitative estimate of drug-likeness (QED) is 0.832. The highest BCUT2D eigenvalue weighted by atomic mass is 79.9. The van der Waals surface area contributed by atoms with Crippen LogP contribution in [0.4, 0.5) is 0 Å². The van der Waals surface area contributed by atoms with Crippen LogP contribution in [-0.2, 0) is 11.3 Å². The fourth-order valence-corrected chi connectivity index (χ4v) is 1.38. The topological polar surface area (TPSA) is 45.2 Å². The van der Waals surface area contributed by atoms with Gasteiger partial charge in [-0.3, -0.25) is 4.79 Å². The molecule has 0 aromatic carbocycles. The van der Waals surface area contributed by atoms with Gasteiger partial charge in [-0.05, 0) is 28.1 Å². The van der Waals surface area contributed by atoms with E-state index in [1.54, 1.807) is 19.0 Å². The predicted octanol–water partition coefficient (Wildman–Crippen LogP) is 1.02. The highest BCUT2D eigenvalue weighted by Gasteiger charge is 2.02. The van der Waals surface area contributed by atoms with Crippen LogP contribution in [0, 0.1) is 0 Å². The molecule has 0 bridgehead atoms. The van der Waals surface area contributed by atoms with Crippen molar-refractivity contribution >= 4 is 21.8 Å². The Morgan fingerprint density at radius 2 is 2.27 bits per heavy atom. The van der Waals surface area contributed by atoms with Gasteiger partial charge in [-0.25, -0.2) is 4.98 Å². The summed E-state index contributed by atoms with van der Waals surface area (Å²) in [6, 6.07) is 5.70. The van der Waals surface area contributed by atoms with Crippen molar-refractivity contribution in [1.29, 1.82) is 0 Å². The zero-order chi connectivity index (χ0) is 11.3. The molecule has 0 atom stereocenters. The van der Waals surface area contributed by atoms with E-state index in [2.05, 4.69) is 26.2 Å². The third-order valence-electron chi connectivity index (χ3n) is 1.85. The van der Waals surface area contributed by atoms with Crippen molar-refractivity contribution in [1.82, 2.24) is 15.2 Å². The third kappa shape index (κ3) is 4.40. The normalized spacial score (nSPS) is 10.1. The number of rotatable bonds is 4. The molecule has 4 nitrogen and oxygen atoms in total. The van der Waals surface area contributed by atoms with Crippen LogP contribution in [0.3, 0.4) is 0 Å². The molecule has 15 heavy (non-hydrogen) atoms. The number of amides is 1. The molecule has 1 amide bonds. The molecule has 0 saturated carbocycles. The number of halogens is 1. The summed E-state index contributed by atoms with van der Waals surface area (Å²) in [6.45, 7) is 0.931. The molecule has 1 rings (SSSR count). The zero-order valence-corrected chi connectivity index (χ0v) is 10.4. The first kappa shape index (κ1) is 12.1. The third-order valence-corrected chi connectivity index (χ3v) is 2.30. The maximum atomic E-state index is 11.2. The Morgan fingerprint density at radius 1 is 1.53 bits per heavy atom. The summed E-state index contributed by atoms with van der Waals surface area (Å²) in [5.41, 5.74) is 0.913. The van der Waals surface area contributed by atoms with Gasteiger partial charge in [-0.15, -0.1) is 0 Å². The lowest BCUT2D eigenvalue weighted by molar-refractivity contribution is -0.127. The van der Waals surface area contributed by atoms with Crippen LogP contribution >= 0.6 is 15.9 Å². The van der Waals surface area contributed by atoms with Crippen LogP contribution in [0.2, 0.25) is 0 Å². The van der Waals surface area contributed by atoms with Gasteiger partial charge in [0.25, 0.3) is 0 Å². The molecule has 1 aromatic heterocycles. The van der Waals surface area contributed by atoms with Crippen molar-refractivity contribution in [2.45, 2.75) is 6.54 Å². The lowest BCUT2D eigenvalue weighted by Gasteiger charge is -2.10. The van der Waals surface area contributed by atoms with E-state index < -0.39 is 0 Å². The number of nitrogens with one attached hydrogen (secondary N) is 1. The van der Waals surface area contributed by atoms with E-state index in [4.69, 9.17) is 0 Å². The fourth-order valence-electron chi connectivity index (χ4n) is 1.00. The van der Waals surface area contributed by atoms with Gasteiger partial charge < -0.3 is 10.2 Å². The van der Waals surface area contributed by atoms with Crippen molar-refractivity contribution < 1.29 is 4.79 Å². The molecule has 0 aliphatic heterocycles. The molecule has 0 saturated heterocycles. The SMILES string of the molecule is CN(C)C(=O)CNCc1cccc(Br)n1. The smallest absolute Gasteiger partial charge is 0.236 e. The molecule has 1 N–H and O–H groups in total. The molecule has 0 aliphatic rings. The maximum Gasteiger partial charge on any atom is 0.236 e. The summed E-state index contributed by atoms with van der Waals surface area (Å²) in [6.07, 6.45) is 0. The summed E-state index contributed by atoms with van der Waals surface area (Å²) < 4.78 is 0.806. The molecule has 0 radical (unpaired) electrons. The highest BCUT2D eigenvalue weighted by molar-refractivity contribution is 9.10. The number of likely N-dealkylation sites (N-methyl/N-ethyl adjacent to an activating group) is 1. The Bertz CT molecular complexity index is 341. The number of hydrogen-bond acceptors (Lipinski definition) is 3. The van der Waals surface area contributed by atoms with Gasteiger partial charge in [0.15, 0.2) is 0 Å². The van der Waals surface area contributed by atoms with Gasteiger partial charge >= 0.3 is 0 Å². The van der Waals surface area contributed by atoms with Crippen LogP contribution < -0.4 is 5.32 Å². The van der Waals surface area contributed by atoms with Crippen molar-refractivity contribution in [3.63, 3.8) is 0 Å². The van der Waals surface area contributed by atoms with E-state index in [-0.39, 0.29) is 5.91 Å². The number of carbonyl (C=O) groups excluding carboxylic acids is 1. The lowest BCUT2D eigenvalue weighted by Crippen LogP contribution is -2.32. The van der Waals surface area contributed by atoms with Gasteiger partial charge in [0.2, 0.25) is 5.91 Å². The minimum Gasteiger partial charge on any atom is -0.348 e. The summed E-state index contributed by atoms with van der Waals surface area (Å²) >= 11 is 3.29. The van der Waals surface area contributed by atoms with Crippen molar-refractivity contribution in [3.8, 4) is 0 Å². The van der Waals surface area contributed by atoms with Crippen LogP contribution in [0.5, 0.6) is 0 Å². The Labute approximate surface area is 97.8 Å². The summed E-state index contributed by atoms with van der Waals surface area (Å²) in [5, 5.41) is 3.04. The van der Waals surface area contributed by atoms with Crippen molar-refractivity contribution in [2.24, 2.45) is 0 Å². The van der Waals surface area contributed by atoms with Gasteiger partial charge in [0.05, 0.1) is 12.2 Å². The summed E-state index contributed by atoms with van der Waals surface area (Å²) in [7, 11) is 3.47. The van der Waals surface area contributed by atoms with E-state index >= 15 is 0 Å². The number of aromatic nitrogens is 1. The molecule has 0 aliphatic carbocycles. The summed E-state index contributed by atoms with van der Waals surface area (Å²) in [5.74, 6) is 0.0602. The molecule has 1 aromatic rings. The van der Waals surface area contributed by atoms with Crippen LogP contribution in [-0.4, -0.2) is 36.4 Å². The lowest BCUT2D eigenvalue weighted by atomic mass is 10.3. The Kier molecular flexibility index (Phi) is 4.71. The number of nitrogens with zero attached hydrogens (tertiary/aromatic N) is 2. The minimum absolute atomic E-state index is 0.0602. The van der Waals surface area contributed by atoms with Crippen LogP contribution in [0.25, 0.3) is 0 Å². The van der Waals surface area contributed by atoms with Gasteiger partial charge in [-0.2, -0.15) is 0 Å². The molecular weight excluding hydrogens is 258 g/mol. The number of hydrogen-bond donors (Lipinski definition) is 1. The van der Waals surface area contributed by atoms with Gasteiger partial charge in [0, 0.05) is 20.6 Å². The van der Waals surface area contributed by atoms with Crippen LogP contribution in [0.1, 0.15) is 5.69 Å².